The number of aliphatic hydroxyl groups excluding tert-OH is 1. The number of hydrogen-bond donors (Lipinski definition) is 2. The van der Waals surface area contributed by atoms with Crippen molar-refractivity contribution in [2.75, 3.05) is 13.2 Å². The van der Waals surface area contributed by atoms with Crippen LogP contribution < -0.4 is 4.74 Å². The fourth-order valence-electron chi connectivity index (χ4n) is 2.67. The molecule has 0 saturated heterocycles. The minimum atomic E-state index is 0.0317. The highest BCUT2D eigenvalue weighted by Gasteiger charge is 2.12. The SMILES string of the molecule is Cc1ccc(-c2ncnc(-c3ccc(OCCCO)cc3O)n2)c(C)c1. The van der Waals surface area contributed by atoms with E-state index in [9.17, 15) is 5.11 Å². The Labute approximate surface area is 152 Å². The second-order valence-corrected chi connectivity index (χ2v) is 6.06. The summed E-state index contributed by atoms with van der Waals surface area (Å²) in [5.41, 5.74) is 3.70. The van der Waals surface area contributed by atoms with E-state index in [0.717, 1.165) is 11.1 Å². The number of ether oxygens (including phenoxy) is 1. The minimum Gasteiger partial charge on any atom is -0.507 e. The van der Waals surface area contributed by atoms with Crippen LogP contribution in [-0.4, -0.2) is 38.4 Å². The van der Waals surface area contributed by atoms with Gasteiger partial charge in [-0.05, 0) is 31.5 Å². The monoisotopic (exact) mass is 351 g/mol. The maximum Gasteiger partial charge on any atom is 0.167 e. The van der Waals surface area contributed by atoms with Gasteiger partial charge in [0.25, 0.3) is 0 Å². The highest BCUT2D eigenvalue weighted by Crippen LogP contribution is 2.31. The predicted octanol–water partition coefficient (Wildman–Crippen LogP) is 3.29. The van der Waals surface area contributed by atoms with Crippen molar-refractivity contribution in [2.24, 2.45) is 0 Å². The number of phenolic OH excluding ortho intramolecular Hbond substituents is 1. The van der Waals surface area contributed by atoms with Crippen molar-refractivity contribution in [1.29, 1.82) is 0 Å². The molecule has 1 aromatic heterocycles. The maximum atomic E-state index is 10.3. The van der Waals surface area contributed by atoms with Gasteiger partial charge in [-0.25, -0.2) is 15.0 Å². The summed E-state index contributed by atoms with van der Waals surface area (Å²) < 4.78 is 5.46. The molecule has 0 aliphatic carbocycles. The normalized spacial score (nSPS) is 10.7. The van der Waals surface area contributed by atoms with Crippen LogP contribution >= 0.6 is 0 Å². The van der Waals surface area contributed by atoms with Crippen molar-refractivity contribution in [3.63, 3.8) is 0 Å². The average molecular weight is 351 g/mol. The number of rotatable bonds is 6. The molecule has 134 valence electrons. The highest BCUT2D eigenvalue weighted by molar-refractivity contribution is 5.68. The summed E-state index contributed by atoms with van der Waals surface area (Å²) in [6.45, 7) is 4.51. The van der Waals surface area contributed by atoms with Crippen LogP contribution in [0.1, 0.15) is 17.5 Å². The zero-order chi connectivity index (χ0) is 18.5. The molecule has 2 aromatic carbocycles. The molecule has 0 spiro atoms. The van der Waals surface area contributed by atoms with Gasteiger partial charge in [0.15, 0.2) is 11.6 Å². The van der Waals surface area contributed by atoms with Crippen molar-refractivity contribution in [1.82, 2.24) is 15.0 Å². The molecular weight excluding hydrogens is 330 g/mol. The Bertz CT molecular complexity index is 913. The van der Waals surface area contributed by atoms with Crippen molar-refractivity contribution in [3.8, 4) is 34.3 Å². The van der Waals surface area contributed by atoms with E-state index in [-0.39, 0.29) is 12.4 Å². The molecule has 0 saturated carbocycles. The summed E-state index contributed by atoms with van der Waals surface area (Å²) in [5, 5.41) is 19.1. The molecule has 3 rings (SSSR count). The molecule has 2 N–H and O–H groups in total. The molecule has 6 heteroatoms. The molecule has 0 radical (unpaired) electrons. The van der Waals surface area contributed by atoms with Gasteiger partial charge in [-0.2, -0.15) is 0 Å². The van der Waals surface area contributed by atoms with Crippen LogP contribution in [0.3, 0.4) is 0 Å². The Hall–Kier alpha value is -2.99. The zero-order valence-corrected chi connectivity index (χ0v) is 14.8. The van der Waals surface area contributed by atoms with E-state index in [4.69, 9.17) is 9.84 Å². The average Bonchev–Trinajstić information content (AvgIpc) is 2.62. The molecule has 0 unspecified atom stereocenters. The van der Waals surface area contributed by atoms with Gasteiger partial charge in [-0.3, -0.25) is 0 Å². The first kappa shape index (κ1) is 17.8. The zero-order valence-electron chi connectivity index (χ0n) is 14.8. The molecule has 1 heterocycles. The van der Waals surface area contributed by atoms with Crippen molar-refractivity contribution in [2.45, 2.75) is 20.3 Å². The smallest absolute Gasteiger partial charge is 0.167 e. The molecule has 0 fully saturated rings. The van der Waals surface area contributed by atoms with Crippen LogP contribution in [0, 0.1) is 13.8 Å². The second-order valence-electron chi connectivity index (χ2n) is 6.06. The van der Waals surface area contributed by atoms with Gasteiger partial charge in [0.1, 0.15) is 17.8 Å². The van der Waals surface area contributed by atoms with Crippen molar-refractivity contribution in [3.05, 3.63) is 53.9 Å². The van der Waals surface area contributed by atoms with E-state index in [2.05, 4.69) is 21.0 Å². The third-order valence-electron chi connectivity index (χ3n) is 3.98. The van der Waals surface area contributed by atoms with E-state index in [1.54, 1.807) is 12.1 Å². The van der Waals surface area contributed by atoms with E-state index in [1.165, 1.54) is 18.0 Å². The number of aliphatic hydroxyl groups is 1. The van der Waals surface area contributed by atoms with E-state index >= 15 is 0 Å². The summed E-state index contributed by atoms with van der Waals surface area (Å²) in [4.78, 5) is 13.0. The summed E-state index contributed by atoms with van der Waals surface area (Å²) in [7, 11) is 0. The number of aryl methyl sites for hydroxylation is 2. The first-order valence-electron chi connectivity index (χ1n) is 8.42. The largest absolute Gasteiger partial charge is 0.507 e. The van der Waals surface area contributed by atoms with Crippen molar-refractivity contribution >= 4 is 0 Å². The minimum absolute atomic E-state index is 0.0317. The summed E-state index contributed by atoms with van der Waals surface area (Å²) in [6, 6.07) is 11.1. The van der Waals surface area contributed by atoms with Gasteiger partial charge < -0.3 is 14.9 Å². The fraction of sp³-hybridized carbons (Fsp3) is 0.250. The van der Waals surface area contributed by atoms with E-state index in [0.29, 0.717) is 36.0 Å². The van der Waals surface area contributed by atoms with Crippen LogP contribution in [0.5, 0.6) is 11.5 Å². The standard InChI is InChI=1S/C20H21N3O3/c1-13-4-6-16(14(2)10-13)19-21-12-22-20(23-19)17-7-5-15(11-18(17)25)26-9-3-8-24/h4-7,10-12,24-25H,3,8-9H2,1-2H3. The van der Waals surface area contributed by atoms with Crippen LogP contribution in [-0.2, 0) is 0 Å². The van der Waals surface area contributed by atoms with Gasteiger partial charge >= 0.3 is 0 Å². The van der Waals surface area contributed by atoms with Crippen LogP contribution in [0.2, 0.25) is 0 Å². The summed E-state index contributed by atoms with van der Waals surface area (Å²) in [5.74, 6) is 1.53. The van der Waals surface area contributed by atoms with Gasteiger partial charge in [0, 0.05) is 24.7 Å². The Morgan fingerprint density at radius 2 is 1.69 bits per heavy atom. The topological polar surface area (TPSA) is 88.4 Å². The first-order chi connectivity index (χ1) is 12.6. The molecule has 6 nitrogen and oxygen atoms in total. The van der Waals surface area contributed by atoms with Crippen molar-refractivity contribution < 1.29 is 14.9 Å². The lowest BCUT2D eigenvalue weighted by Crippen LogP contribution is -2.00. The third kappa shape index (κ3) is 3.97. The van der Waals surface area contributed by atoms with E-state index < -0.39 is 0 Å². The predicted molar refractivity (Wildman–Crippen MR) is 99.0 cm³/mol. The van der Waals surface area contributed by atoms with Gasteiger partial charge in [-0.1, -0.05) is 23.8 Å². The van der Waals surface area contributed by atoms with Crippen LogP contribution in [0.15, 0.2) is 42.7 Å². The molecule has 0 aliphatic rings. The quantitative estimate of drug-likeness (QED) is 0.663. The maximum absolute atomic E-state index is 10.3. The lowest BCUT2D eigenvalue weighted by atomic mass is 10.1. The molecule has 0 atom stereocenters. The molecule has 0 bridgehead atoms. The number of nitrogens with zero attached hydrogens (tertiary/aromatic N) is 3. The number of phenols is 1. The number of benzene rings is 2. The fourth-order valence-corrected chi connectivity index (χ4v) is 2.67. The van der Waals surface area contributed by atoms with Gasteiger partial charge in [0.05, 0.1) is 12.2 Å². The Morgan fingerprint density at radius 1 is 0.962 bits per heavy atom. The molecule has 26 heavy (non-hydrogen) atoms. The molecule has 3 aromatic rings. The number of hydrogen-bond acceptors (Lipinski definition) is 6. The number of aromatic hydroxyl groups is 1. The first-order valence-corrected chi connectivity index (χ1v) is 8.42. The van der Waals surface area contributed by atoms with Gasteiger partial charge in [0.2, 0.25) is 0 Å². The molecule has 0 amide bonds. The Morgan fingerprint density at radius 3 is 2.38 bits per heavy atom. The second kappa shape index (κ2) is 7.93. The lowest BCUT2D eigenvalue weighted by molar-refractivity contribution is 0.233. The highest BCUT2D eigenvalue weighted by atomic mass is 16.5. The molecular formula is C20H21N3O3. The molecule has 0 aliphatic heterocycles. The van der Waals surface area contributed by atoms with Gasteiger partial charge in [-0.15, -0.1) is 0 Å². The third-order valence-corrected chi connectivity index (χ3v) is 3.98. The lowest BCUT2D eigenvalue weighted by Gasteiger charge is -2.10. The Balaban J connectivity index is 1.90. The van der Waals surface area contributed by atoms with Crippen LogP contribution in [0.4, 0.5) is 0 Å². The number of aromatic nitrogens is 3. The Kier molecular flexibility index (Phi) is 5.43. The summed E-state index contributed by atoms with van der Waals surface area (Å²) in [6.07, 6.45) is 1.98. The van der Waals surface area contributed by atoms with E-state index in [1.807, 2.05) is 26.0 Å². The van der Waals surface area contributed by atoms with Crippen LogP contribution in [0.25, 0.3) is 22.8 Å². The summed E-state index contributed by atoms with van der Waals surface area (Å²) >= 11 is 0.